The normalized spacial score (nSPS) is 15.4. The van der Waals surface area contributed by atoms with Crippen molar-refractivity contribution >= 4 is 23.2 Å². The molecule has 0 aliphatic carbocycles. The summed E-state index contributed by atoms with van der Waals surface area (Å²) in [6, 6.07) is 8.80. The number of hydrogen-bond acceptors (Lipinski definition) is 3. The summed E-state index contributed by atoms with van der Waals surface area (Å²) in [6.07, 6.45) is 1.64. The number of benzene rings is 2. The molecular weight excluding hydrogens is 352 g/mol. The molecule has 2 N–H and O–H groups in total. The molecule has 0 aromatic heterocycles. The van der Waals surface area contributed by atoms with Gasteiger partial charge in [0.25, 0.3) is 0 Å². The largest absolute Gasteiger partial charge is 0.323 e. The predicted octanol–water partition coefficient (Wildman–Crippen LogP) is 4.13. The van der Waals surface area contributed by atoms with Crippen LogP contribution in [-0.2, 0) is 0 Å². The van der Waals surface area contributed by atoms with Crippen LogP contribution in [0.1, 0.15) is 23.2 Å². The lowest BCUT2D eigenvalue weighted by Crippen LogP contribution is -2.33. The first-order chi connectivity index (χ1) is 12.9. The summed E-state index contributed by atoms with van der Waals surface area (Å²) in [5.41, 5.74) is 0.978. The topological polar surface area (TPSA) is 61.4 Å². The zero-order chi connectivity index (χ0) is 19.4. The first-order valence-electron chi connectivity index (χ1n) is 8.77. The van der Waals surface area contributed by atoms with E-state index >= 15 is 0 Å². The molecule has 1 aliphatic rings. The van der Waals surface area contributed by atoms with Crippen molar-refractivity contribution in [3.8, 4) is 0 Å². The van der Waals surface area contributed by atoms with Crippen LogP contribution >= 0.6 is 0 Å². The molecule has 1 fully saturated rings. The Labute approximate surface area is 156 Å². The van der Waals surface area contributed by atoms with Gasteiger partial charge in [-0.2, -0.15) is 0 Å². The fourth-order valence-electron chi connectivity index (χ4n) is 3.18. The van der Waals surface area contributed by atoms with Gasteiger partial charge in [-0.3, -0.25) is 4.79 Å². The number of Topliss-reactive ketones (excluding diaryl/α,β-unsaturated/α-hetero) is 1. The average Bonchev–Trinajstić information content (AvgIpc) is 2.61. The van der Waals surface area contributed by atoms with Gasteiger partial charge in [0, 0.05) is 28.9 Å². The van der Waals surface area contributed by atoms with Gasteiger partial charge in [0.2, 0.25) is 0 Å². The van der Waals surface area contributed by atoms with Crippen molar-refractivity contribution in [1.29, 1.82) is 0 Å². The number of anilines is 2. The maximum atomic E-state index is 13.2. The van der Waals surface area contributed by atoms with Crippen LogP contribution in [-0.4, -0.2) is 36.9 Å². The Morgan fingerprint density at radius 3 is 2.26 bits per heavy atom. The van der Waals surface area contributed by atoms with E-state index in [1.54, 1.807) is 24.3 Å². The summed E-state index contributed by atoms with van der Waals surface area (Å²) in [7, 11) is 2.04. The van der Waals surface area contributed by atoms with E-state index in [0.29, 0.717) is 11.3 Å². The van der Waals surface area contributed by atoms with Crippen molar-refractivity contribution in [2.45, 2.75) is 12.8 Å². The lowest BCUT2D eigenvalue weighted by atomic mass is 9.89. The highest BCUT2D eigenvalue weighted by molar-refractivity contribution is 6.02. The second-order valence-electron chi connectivity index (χ2n) is 6.76. The van der Waals surface area contributed by atoms with Crippen LogP contribution in [0.4, 0.5) is 25.0 Å². The molecular formula is C20H21F2N3O2. The minimum absolute atomic E-state index is 0.00329. The molecule has 2 aromatic rings. The summed E-state index contributed by atoms with van der Waals surface area (Å²) in [6.45, 7) is 1.78. The number of urea groups is 1. The molecule has 0 saturated carbocycles. The van der Waals surface area contributed by atoms with Crippen LogP contribution in [0.2, 0.25) is 0 Å². The number of amides is 2. The van der Waals surface area contributed by atoms with Gasteiger partial charge in [0.15, 0.2) is 5.78 Å². The van der Waals surface area contributed by atoms with E-state index in [1.807, 2.05) is 7.05 Å². The van der Waals surface area contributed by atoms with E-state index < -0.39 is 17.7 Å². The van der Waals surface area contributed by atoms with Gasteiger partial charge in [-0.05, 0) is 57.2 Å². The number of nitrogens with zero attached hydrogens (tertiary/aromatic N) is 1. The highest BCUT2D eigenvalue weighted by Gasteiger charge is 2.24. The predicted molar refractivity (Wildman–Crippen MR) is 100.0 cm³/mol. The molecule has 0 unspecified atom stereocenters. The molecule has 2 amide bonds. The van der Waals surface area contributed by atoms with E-state index in [1.165, 1.54) is 0 Å². The molecule has 1 heterocycles. The van der Waals surface area contributed by atoms with E-state index in [4.69, 9.17) is 0 Å². The summed E-state index contributed by atoms with van der Waals surface area (Å²) < 4.78 is 26.4. The SMILES string of the molecule is CN1CCC(C(=O)c2cccc(NC(=O)Nc3cc(F)cc(F)c3)c2)CC1. The molecule has 2 aromatic carbocycles. The lowest BCUT2D eigenvalue weighted by Gasteiger charge is -2.28. The van der Waals surface area contributed by atoms with Crippen LogP contribution in [0.3, 0.4) is 0 Å². The monoisotopic (exact) mass is 373 g/mol. The summed E-state index contributed by atoms with van der Waals surface area (Å²) in [4.78, 5) is 26.9. The van der Waals surface area contributed by atoms with Crippen LogP contribution in [0.25, 0.3) is 0 Å². The summed E-state index contributed by atoms with van der Waals surface area (Å²) in [5.74, 6) is -1.51. The lowest BCUT2D eigenvalue weighted by molar-refractivity contribution is 0.0857. The average molecular weight is 373 g/mol. The fourth-order valence-corrected chi connectivity index (χ4v) is 3.18. The number of ketones is 1. The number of rotatable bonds is 4. The fraction of sp³-hybridized carbons (Fsp3) is 0.300. The maximum absolute atomic E-state index is 13.2. The molecule has 142 valence electrons. The first-order valence-corrected chi connectivity index (χ1v) is 8.77. The quantitative estimate of drug-likeness (QED) is 0.792. The molecule has 0 atom stereocenters. The van der Waals surface area contributed by atoms with Gasteiger partial charge in [0.05, 0.1) is 0 Å². The Morgan fingerprint density at radius 2 is 1.59 bits per heavy atom. The molecule has 0 spiro atoms. The Bertz CT molecular complexity index is 829. The van der Waals surface area contributed by atoms with Crippen molar-refractivity contribution < 1.29 is 18.4 Å². The van der Waals surface area contributed by atoms with Crippen LogP contribution in [0, 0.1) is 17.6 Å². The van der Waals surface area contributed by atoms with Gasteiger partial charge in [-0.1, -0.05) is 12.1 Å². The van der Waals surface area contributed by atoms with Gasteiger partial charge in [-0.15, -0.1) is 0 Å². The zero-order valence-electron chi connectivity index (χ0n) is 15.0. The summed E-state index contributed by atoms with van der Waals surface area (Å²) in [5, 5.41) is 4.95. The third-order valence-corrected chi connectivity index (χ3v) is 4.61. The van der Waals surface area contributed by atoms with E-state index in [0.717, 1.165) is 44.1 Å². The van der Waals surface area contributed by atoms with E-state index in [-0.39, 0.29) is 17.4 Å². The highest BCUT2D eigenvalue weighted by atomic mass is 19.1. The smallest absolute Gasteiger partial charge is 0.308 e. The molecule has 27 heavy (non-hydrogen) atoms. The number of hydrogen-bond donors (Lipinski definition) is 2. The first kappa shape index (κ1) is 19.0. The number of carbonyl (C=O) groups excluding carboxylic acids is 2. The number of carbonyl (C=O) groups is 2. The van der Waals surface area contributed by atoms with Crippen LogP contribution < -0.4 is 10.6 Å². The molecule has 7 heteroatoms. The minimum Gasteiger partial charge on any atom is -0.308 e. The molecule has 0 bridgehead atoms. The van der Waals surface area contributed by atoms with Gasteiger partial charge in [-0.25, -0.2) is 13.6 Å². The van der Waals surface area contributed by atoms with Crippen molar-refractivity contribution in [3.05, 3.63) is 59.7 Å². The molecule has 1 saturated heterocycles. The van der Waals surface area contributed by atoms with Crippen LogP contribution in [0.15, 0.2) is 42.5 Å². The second-order valence-corrected chi connectivity index (χ2v) is 6.76. The Kier molecular flexibility index (Phi) is 5.81. The van der Waals surface area contributed by atoms with Crippen LogP contribution in [0.5, 0.6) is 0 Å². The minimum atomic E-state index is -0.781. The van der Waals surface area contributed by atoms with E-state index in [9.17, 15) is 18.4 Å². The number of piperidine rings is 1. The number of nitrogens with one attached hydrogen (secondary N) is 2. The third-order valence-electron chi connectivity index (χ3n) is 4.61. The van der Waals surface area contributed by atoms with Gasteiger partial charge < -0.3 is 15.5 Å². The highest BCUT2D eigenvalue weighted by Crippen LogP contribution is 2.23. The Hall–Kier alpha value is -2.80. The Morgan fingerprint density at radius 1 is 0.963 bits per heavy atom. The number of likely N-dealkylation sites (tertiary alicyclic amines) is 1. The summed E-state index contributed by atoms with van der Waals surface area (Å²) >= 11 is 0. The Balaban J connectivity index is 1.64. The second kappa shape index (κ2) is 8.26. The van der Waals surface area contributed by atoms with E-state index in [2.05, 4.69) is 15.5 Å². The van der Waals surface area contributed by atoms with Gasteiger partial charge in [0.1, 0.15) is 11.6 Å². The standard InChI is InChI=1S/C20H21F2N3O2/c1-25-7-5-13(6-8-25)19(26)14-3-2-4-17(9-14)23-20(27)24-18-11-15(21)10-16(22)12-18/h2-4,9-13H,5-8H2,1H3,(H2,23,24,27). The van der Waals surface area contributed by atoms with Crippen molar-refractivity contribution in [1.82, 2.24) is 4.90 Å². The molecule has 1 aliphatic heterocycles. The maximum Gasteiger partial charge on any atom is 0.323 e. The molecule has 5 nitrogen and oxygen atoms in total. The van der Waals surface area contributed by atoms with Gasteiger partial charge >= 0.3 is 6.03 Å². The van der Waals surface area contributed by atoms with Crippen molar-refractivity contribution in [3.63, 3.8) is 0 Å². The number of halogens is 2. The third kappa shape index (κ3) is 5.10. The molecule has 3 rings (SSSR count). The zero-order valence-corrected chi connectivity index (χ0v) is 15.0. The van der Waals surface area contributed by atoms with Crippen molar-refractivity contribution in [2.75, 3.05) is 30.8 Å². The molecule has 0 radical (unpaired) electrons. The van der Waals surface area contributed by atoms with Crippen molar-refractivity contribution in [2.24, 2.45) is 5.92 Å².